The number of benzene rings is 1. The Hall–Kier alpha value is -0.940. The maximum atomic E-state index is 12.4. The van der Waals surface area contributed by atoms with Gasteiger partial charge in [-0.1, -0.05) is 12.1 Å². The Bertz CT molecular complexity index is 369. The molecule has 0 saturated heterocycles. The van der Waals surface area contributed by atoms with E-state index < -0.39 is 15.9 Å². The third-order valence-electron chi connectivity index (χ3n) is 1.51. The highest BCUT2D eigenvalue weighted by Crippen LogP contribution is 2.07. The first-order valence-corrected chi connectivity index (χ1v) is 5.14. The molecule has 0 fully saturated rings. The minimum atomic E-state index is -3.51. The fourth-order valence-corrected chi connectivity index (χ4v) is 1.56. The molecule has 13 heavy (non-hydrogen) atoms. The van der Waals surface area contributed by atoms with Gasteiger partial charge in [-0.25, -0.2) is 4.39 Å². The summed E-state index contributed by atoms with van der Waals surface area (Å²) in [4.78, 5) is 0. The van der Waals surface area contributed by atoms with E-state index >= 15 is 0 Å². The fourth-order valence-electron chi connectivity index (χ4n) is 0.844. The normalized spacial score (nSPS) is 11.5. The van der Waals surface area contributed by atoms with Crippen molar-refractivity contribution in [1.29, 1.82) is 0 Å². The molecule has 0 atom stereocenters. The number of rotatable bonds is 3. The molecule has 0 saturated carbocycles. The van der Waals surface area contributed by atoms with E-state index in [0.717, 1.165) is 7.11 Å². The molecule has 1 aromatic rings. The molecule has 1 aromatic carbocycles. The van der Waals surface area contributed by atoms with E-state index in [-0.39, 0.29) is 5.75 Å². The highest BCUT2D eigenvalue weighted by atomic mass is 32.2. The van der Waals surface area contributed by atoms with Crippen LogP contribution in [0.15, 0.2) is 24.3 Å². The highest BCUT2D eigenvalue weighted by molar-refractivity contribution is 7.85. The van der Waals surface area contributed by atoms with Crippen LogP contribution in [0.25, 0.3) is 0 Å². The topological polar surface area (TPSA) is 43.4 Å². The lowest BCUT2D eigenvalue weighted by atomic mass is 10.2. The van der Waals surface area contributed by atoms with Gasteiger partial charge in [-0.05, 0) is 17.7 Å². The van der Waals surface area contributed by atoms with Crippen LogP contribution < -0.4 is 0 Å². The van der Waals surface area contributed by atoms with E-state index in [0.29, 0.717) is 5.56 Å². The first kappa shape index (κ1) is 10.1. The van der Waals surface area contributed by atoms with Gasteiger partial charge in [0.15, 0.2) is 0 Å². The summed E-state index contributed by atoms with van der Waals surface area (Å²) in [6, 6.07) is 5.23. The van der Waals surface area contributed by atoms with Gasteiger partial charge in [0.2, 0.25) is 0 Å². The summed E-state index contributed by atoms with van der Waals surface area (Å²) >= 11 is 0. The van der Waals surface area contributed by atoms with Crippen LogP contribution in [0.3, 0.4) is 0 Å². The number of hydrogen-bond donors (Lipinski definition) is 0. The van der Waals surface area contributed by atoms with Crippen LogP contribution in [0.5, 0.6) is 0 Å². The Morgan fingerprint density at radius 2 is 1.85 bits per heavy atom. The van der Waals surface area contributed by atoms with Crippen molar-refractivity contribution >= 4 is 10.1 Å². The summed E-state index contributed by atoms with van der Waals surface area (Å²) < 4.78 is 38.5. The van der Waals surface area contributed by atoms with Crippen LogP contribution in [-0.2, 0) is 20.1 Å². The van der Waals surface area contributed by atoms with Gasteiger partial charge in [0.25, 0.3) is 10.1 Å². The molecule has 0 aliphatic rings. The van der Waals surface area contributed by atoms with E-state index in [4.69, 9.17) is 0 Å². The zero-order valence-corrected chi connectivity index (χ0v) is 7.84. The van der Waals surface area contributed by atoms with E-state index in [1.54, 1.807) is 0 Å². The zero-order chi connectivity index (χ0) is 9.90. The van der Waals surface area contributed by atoms with Gasteiger partial charge < -0.3 is 0 Å². The summed E-state index contributed by atoms with van der Waals surface area (Å²) in [5, 5.41) is 0. The van der Waals surface area contributed by atoms with Crippen molar-refractivity contribution in [1.82, 2.24) is 0 Å². The van der Waals surface area contributed by atoms with Crippen LogP contribution in [0.4, 0.5) is 4.39 Å². The second-order valence-corrected chi connectivity index (χ2v) is 4.23. The molecule has 0 bridgehead atoms. The van der Waals surface area contributed by atoms with Crippen LogP contribution in [0.1, 0.15) is 5.56 Å². The second kappa shape index (κ2) is 3.85. The average Bonchev–Trinajstić information content (AvgIpc) is 2.09. The molecule has 0 aromatic heterocycles. The molecule has 3 nitrogen and oxygen atoms in total. The Morgan fingerprint density at radius 1 is 1.31 bits per heavy atom. The van der Waals surface area contributed by atoms with Gasteiger partial charge in [0.05, 0.1) is 7.11 Å². The standard InChI is InChI=1S/C8H9FO3S/c1-12-13(10,11)6-7-2-4-8(9)5-3-7/h2-5H,6H2,1H3. The monoisotopic (exact) mass is 204 g/mol. The molecule has 72 valence electrons. The van der Waals surface area contributed by atoms with Crippen LogP contribution >= 0.6 is 0 Å². The van der Waals surface area contributed by atoms with E-state index in [1.165, 1.54) is 24.3 Å². The Labute approximate surface area is 76.3 Å². The molecule has 5 heteroatoms. The average molecular weight is 204 g/mol. The predicted molar refractivity (Wildman–Crippen MR) is 46.0 cm³/mol. The van der Waals surface area contributed by atoms with E-state index in [1.807, 2.05) is 0 Å². The first-order valence-electron chi connectivity index (χ1n) is 3.56. The summed E-state index contributed by atoms with van der Waals surface area (Å²) in [5.74, 6) is -0.623. The molecule has 0 N–H and O–H groups in total. The third-order valence-corrected chi connectivity index (χ3v) is 2.71. The minimum absolute atomic E-state index is 0.232. The van der Waals surface area contributed by atoms with Gasteiger partial charge >= 0.3 is 0 Å². The van der Waals surface area contributed by atoms with E-state index in [9.17, 15) is 12.8 Å². The molecule has 0 spiro atoms. The van der Waals surface area contributed by atoms with Crippen molar-refractivity contribution in [3.8, 4) is 0 Å². The highest BCUT2D eigenvalue weighted by Gasteiger charge is 2.09. The third kappa shape index (κ3) is 3.12. The molecule has 0 heterocycles. The first-order chi connectivity index (χ1) is 6.03. The molecule has 1 rings (SSSR count). The predicted octanol–water partition coefficient (Wildman–Crippen LogP) is 1.30. The van der Waals surface area contributed by atoms with Crippen molar-refractivity contribution in [2.75, 3.05) is 7.11 Å². The van der Waals surface area contributed by atoms with Gasteiger partial charge in [-0.2, -0.15) is 8.42 Å². The van der Waals surface area contributed by atoms with Crippen LogP contribution in [0, 0.1) is 5.82 Å². The minimum Gasteiger partial charge on any atom is -0.273 e. The van der Waals surface area contributed by atoms with Gasteiger partial charge in [0.1, 0.15) is 11.6 Å². The van der Waals surface area contributed by atoms with Crippen molar-refractivity contribution in [3.63, 3.8) is 0 Å². The summed E-state index contributed by atoms with van der Waals surface area (Å²) in [7, 11) is -2.41. The van der Waals surface area contributed by atoms with Crippen molar-refractivity contribution in [2.45, 2.75) is 5.75 Å². The van der Waals surface area contributed by atoms with Crippen LogP contribution in [0.2, 0.25) is 0 Å². The molecular weight excluding hydrogens is 195 g/mol. The van der Waals surface area contributed by atoms with Crippen molar-refractivity contribution in [3.05, 3.63) is 35.6 Å². The number of halogens is 1. The molecule has 0 unspecified atom stereocenters. The lowest BCUT2D eigenvalue weighted by molar-refractivity contribution is 0.397. The summed E-state index contributed by atoms with van der Waals surface area (Å²) in [5.41, 5.74) is 0.503. The molecule has 0 aliphatic carbocycles. The summed E-state index contributed by atoms with van der Waals surface area (Å²) in [6.07, 6.45) is 0. The van der Waals surface area contributed by atoms with Gasteiger partial charge in [-0.3, -0.25) is 4.18 Å². The second-order valence-electron chi connectivity index (χ2n) is 2.50. The quantitative estimate of drug-likeness (QED) is 0.697. The molecular formula is C8H9FO3S. The van der Waals surface area contributed by atoms with Crippen LogP contribution in [-0.4, -0.2) is 15.5 Å². The fraction of sp³-hybridized carbons (Fsp3) is 0.250. The van der Waals surface area contributed by atoms with E-state index in [2.05, 4.69) is 4.18 Å². The number of hydrogen-bond acceptors (Lipinski definition) is 3. The van der Waals surface area contributed by atoms with Crippen molar-refractivity contribution in [2.24, 2.45) is 0 Å². The lowest BCUT2D eigenvalue weighted by Crippen LogP contribution is -2.05. The Morgan fingerprint density at radius 3 is 2.31 bits per heavy atom. The maximum Gasteiger partial charge on any atom is 0.271 e. The molecule has 0 aliphatic heterocycles. The zero-order valence-electron chi connectivity index (χ0n) is 7.03. The molecule has 0 amide bonds. The molecule has 0 radical (unpaired) electrons. The Kier molecular flexibility index (Phi) is 3.00. The van der Waals surface area contributed by atoms with Crippen molar-refractivity contribution < 1.29 is 17.0 Å². The maximum absolute atomic E-state index is 12.4. The summed E-state index contributed by atoms with van der Waals surface area (Å²) in [6.45, 7) is 0. The van der Waals surface area contributed by atoms with Gasteiger partial charge in [-0.15, -0.1) is 0 Å². The van der Waals surface area contributed by atoms with Gasteiger partial charge in [0, 0.05) is 0 Å². The SMILES string of the molecule is COS(=O)(=O)Cc1ccc(F)cc1. The lowest BCUT2D eigenvalue weighted by Gasteiger charge is -2.00. The smallest absolute Gasteiger partial charge is 0.271 e. The Balaban J connectivity index is 2.82. The largest absolute Gasteiger partial charge is 0.273 e.